The molecule has 1 N–H and O–H groups in total. The largest absolute Gasteiger partial charge is 0.494 e. The van der Waals surface area contributed by atoms with E-state index in [1.165, 1.54) is 0 Å². The minimum absolute atomic E-state index is 0.135. The fourth-order valence-corrected chi connectivity index (χ4v) is 2.87. The Morgan fingerprint density at radius 1 is 1.35 bits per heavy atom. The van der Waals surface area contributed by atoms with Crippen LogP contribution in [-0.4, -0.2) is 33.2 Å². The van der Waals surface area contributed by atoms with Crippen LogP contribution < -0.4 is 15.5 Å². The van der Waals surface area contributed by atoms with Crippen molar-refractivity contribution in [2.45, 2.75) is 19.9 Å². The van der Waals surface area contributed by atoms with Crippen molar-refractivity contribution in [3.05, 3.63) is 58.9 Å². The molecule has 136 valence electrons. The summed E-state index contributed by atoms with van der Waals surface area (Å²) in [6.07, 6.45) is 7.66. The lowest BCUT2D eigenvalue weighted by Gasteiger charge is -2.11. The fraction of sp³-hybridized carbons (Fsp3) is 0.316. The monoisotopic (exact) mass is 354 g/mol. The summed E-state index contributed by atoms with van der Waals surface area (Å²) in [6, 6.07) is 5.34. The second-order valence-electron chi connectivity index (χ2n) is 6.00. The minimum Gasteiger partial charge on any atom is -0.494 e. The predicted molar refractivity (Wildman–Crippen MR) is 99.5 cm³/mol. The molecule has 0 saturated heterocycles. The molecule has 0 fully saturated rings. The maximum absolute atomic E-state index is 12.8. The summed E-state index contributed by atoms with van der Waals surface area (Å²) in [7, 11) is 1.82. The lowest BCUT2D eigenvalue weighted by atomic mass is 10.1. The third-order valence-corrected chi connectivity index (χ3v) is 4.15. The van der Waals surface area contributed by atoms with Gasteiger partial charge in [-0.2, -0.15) is 0 Å². The predicted octanol–water partition coefficient (Wildman–Crippen LogP) is 1.95. The van der Waals surface area contributed by atoms with Crippen molar-refractivity contribution in [1.82, 2.24) is 19.4 Å². The first-order chi connectivity index (χ1) is 12.6. The van der Waals surface area contributed by atoms with Gasteiger partial charge in [0.1, 0.15) is 11.3 Å². The molecule has 7 nitrogen and oxygen atoms in total. The van der Waals surface area contributed by atoms with E-state index in [0.717, 1.165) is 18.5 Å². The highest BCUT2D eigenvalue weighted by Crippen LogP contribution is 2.18. The average Bonchev–Trinajstić information content (AvgIpc) is 3.15. The molecule has 2 heterocycles. The standard InChI is InChI=1S/C19H22N4O3/c1-3-26-14-5-6-17-15(11-14)18(24)16(12-22(17)2)19(25)21-7-4-9-23-10-8-20-13-23/h5-6,8,10-13H,3-4,7,9H2,1-2H3,(H,21,25). The number of ether oxygens (including phenoxy) is 1. The summed E-state index contributed by atoms with van der Waals surface area (Å²) in [4.78, 5) is 29.2. The zero-order valence-corrected chi connectivity index (χ0v) is 14.9. The Balaban J connectivity index is 1.76. The van der Waals surface area contributed by atoms with Crippen LogP contribution in [0.5, 0.6) is 5.75 Å². The molecule has 0 bridgehead atoms. The third kappa shape index (κ3) is 3.77. The lowest BCUT2D eigenvalue weighted by Crippen LogP contribution is -2.30. The number of nitrogens with one attached hydrogen (secondary N) is 1. The Hall–Kier alpha value is -3.09. The highest BCUT2D eigenvalue weighted by atomic mass is 16.5. The summed E-state index contributed by atoms with van der Waals surface area (Å²) in [5, 5.41) is 3.29. The second kappa shape index (κ2) is 7.86. The number of fused-ring (bicyclic) bond motifs is 1. The maximum atomic E-state index is 12.8. The smallest absolute Gasteiger partial charge is 0.256 e. The molecule has 1 aromatic carbocycles. The molecular formula is C19H22N4O3. The van der Waals surface area contributed by atoms with Crippen molar-refractivity contribution >= 4 is 16.8 Å². The van der Waals surface area contributed by atoms with Crippen LogP contribution in [0.3, 0.4) is 0 Å². The Morgan fingerprint density at radius 3 is 2.92 bits per heavy atom. The van der Waals surface area contributed by atoms with Crippen molar-refractivity contribution in [3.8, 4) is 5.75 Å². The molecule has 1 amide bonds. The van der Waals surface area contributed by atoms with E-state index in [0.29, 0.717) is 24.3 Å². The van der Waals surface area contributed by atoms with E-state index in [1.54, 1.807) is 29.4 Å². The quantitative estimate of drug-likeness (QED) is 0.658. The van der Waals surface area contributed by atoms with Gasteiger partial charge in [-0.15, -0.1) is 0 Å². The van der Waals surface area contributed by atoms with Crippen LogP contribution in [0.2, 0.25) is 0 Å². The third-order valence-electron chi connectivity index (χ3n) is 4.15. The van der Waals surface area contributed by atoms with Gasteiger partial charge in [0.25, 0.3) is 5.91 Å². The molecule has 3 aromatic rings. The molecule has 2 aromatic heterocycles. The van der Waals surface area contributed by atoms with Gasteiger partial charge in [-0.25, -0.2) is 4.98 Å². The van der Waals surface area contributed by atoms with Gasteiger partial charge in [0.15, 0.2) is 0 Å². The van der Waals surface area contributed by atoms with Gasteiger partial charge in [0.2, 0.25) is 5.43 Å². The number of benzene rings is 1. The van der Waals surface area contributed by atoms with Gasteiger partial charge in [-0.1, -0.05) is 0 Å². The van der Waals surface area contributed by atoms with E-state index < -0.39 is 0 Å². The number of imidazole rings is 1. The topological polar surface area (TPSA) is 78.2 Å². The first kappa shape index (κ1) is 17.7. The summed E-state index contributed by atoms with van der Waals surface area (Å²) in [6.45, 7) is 3.64. The van der Waals surface area contributed by atoms with Crippen LogP contribution in [0.1, 0.15) is 23.7 Å². The van der Waals surface area contributed by atoms with Crippen molar-refractivity contribution in [1.29, 1.82) is 0 Å². The molecular weight excluding hydrogens is 332 g/mol. The average molecular weight is 354 g/mol. The van der Waals surface area contributed by atoms with Crippen LogP contribution >= 0.6 is 0 Å². The number of nitrogens with zero attached hydrogens (tertiary/aromatic N) is 3. The van der Waals surface area contributed by atoms with E-state index in [9.17, 15) is 9.59 Å². The van der Waals surface area contributed by atoms with Crippen molar-refractivity contribution < 1.29 is 9.53 Å². The number of carbonyl (C=O) groups excluding carboxylic acids is 1. The number of pyridine rings is 1. The van der Waals surface area contributed by atoms with E-state index in [-0.39, 0.29) is 16.9 Å². The van der Waals surface area contributed by atoms with Crippen LogP contribution in [0.25, 0.3) is 10.9 Å². The molecule has 0 aliphatic rings. The molecule has 0 aliphatic heterocycles. The number of aromatic nitrogens is 3. The Morgan fingerprint density at radius 2 is 2.19 bits per heavy atom. The number of carbonyl (C=O) groups is 1. The number of aryl methyl sites for hydroxylation is 2. The van der Waals surface area contributed by atoms with Gasteiger partial charge in [-0.05, 0) is 31.5 Å². The van der Waals surface area contributed by atoms with Crippen LogP contribution in [0.15, 0.2) is 47.9 Å². The first-order valence-corrected chi connectivity index (χ1v) is 8.60. The Kier molecular flexibility index (Phi) is 5.36. The maximum Gasteiger partial charge on any atom is 0.256 e. The van der Waals surface area contributed by atoms with E-state index in [2.05, 4.69) is 10.3 Å². The molecule has 0 aliphatic carbocycles. The molecule has 0 spiro atoms. The van der Waals surface area contributed by atoms with Crippen molar-refractivity contribution in [2.75, 3.05) is 13.2 Å². The Bertz CT molecular complexity index is 961. The van der Waals surface area contributed by atoms with Gasteiger partial charge in [0.05, 0.1) is 23.8 Å². The number of hydrogen-bond acceptors (Lipinski definition) is 4. The molecule has 7 heteroatoms. The second-order valence-corrected chi connectivity index (χ2v) is 6.00. The van der Waals surface area contributed by atoms with Crippen molar-refractivity contribution in [3.63, 3.8) is 0 Å². The SMILES string of the molecule is CCOc1ccc2c(c1)c(=O)c(C(=O)NCCCn1ccnc1)cn2C. The van der Waals surface area contributed by atoms with Crippen LogP contribution in [0, 0.1) is 0 Å². The molecule has 26 heavy (non-hydrogen) atoms. The lowest BCUT2D eigenvalue weighted by molar-refractivity contribution is 0.0951. The summed E-state index contributed by atoms with van der Waals surface area (Å²) in [5.74, 6) is 0.259. The summed E-state index contributed by atoms with van der Waals surface area (Å²) < 4.78 is 9.19. The van der Waals surface area contributed by atoms with Gasteiger partial charge in [-0.3, -0.25) is 9.59 Å². The highest BCUT2D eigenvalue weighted by Gasteiger charge is 2.14. The summed E-state index contributed by atoms with van der Waals surface area (Å²) >= 11 is 0. The van der Waals surface area contributed by atoms with E-state index >= 15 is 0 Å². The highest BCUT2D eigenvalue weighted by molar-refractivity contribution is 5.97. The number of hydrogen-bond donors (Lipinski definition) is 1. The zero-order chi connectivity index (χ0) is 18.5. The Labute approximate surface area is 151 Å². The number of rotatable bonds is 7. The van der Waals surface area contributed by atoms with E-state index in [1.807, 2.05) is 36.9 Å². The minimum atomic E-state index is -0.361. The molecule has 0 unspecified atom stereocenters. The molecule has 0 radical (unpaired) electrons. The normalized spacial score (nSPS) is 10.8. The van der Waals surface area contributed by atoms with Crippen LogP contribution in [0.4, 0.5) is 0 Å². The summed E-state index contributed by atoms with van der Waals surface area (Å²) in [5.41, 5.74) is 0.609. The van der Waals surface area contributed by atoms with Gasteiger partial charge >= 0.3 is 0 Å². The van der Waals surface area contributed by atoms with Crippen LogP contribution in [-0.2, 0) is 13.6 Å². The van der Waals surface area contributed by atoms with Gasteiger partial charge in [0, 0.05) is 38.7 Å². The van der Waals surface area contributed by atoms with E-state index in [4.69, 9.17) is 4.74 Å². The van der Waals surface area contributed by atoms with Crippen molar-refractivity contribution in [2.24, 2.45) is 7.05 Å². The fourth-order valence-electron chi connectivity index (χ4n) is 2.87. The zero-order valence-electron chi connectivity index (χ0n) is 14.9. The first-order valence-electron chi connectivity index (χ1n) is 8.60. The number of amides is 1. The molecule has 3 rings (SSSR count). The molecule has 0 saturated carbocycles. The molecule has 0 atom stereocenters. The van der Waals surface area contributed by atoms with Gasteiger partial charge < -0.3 is 19.2 Å².